The molecule has 0 spiro atoms. The molecule has 126 valence electrons. The third-order valence-corrected chi connectivity index (χ3v) is 5.13. The molecule has 23 heavy (non-hydrogen) atoms. The number of nitrogens with one attached hydrogen (secondary N) is 1. The van der Waals surface area contributed by atoms with E-state index in [1.807, 2.05) is 19.9 Å². The van der Waals surface area contributed by atoms with E-state index in [4.69, 9.17) is 4.74 Å². The molecule has 4 heteroatoms. The number of esters is 1. The second kappa shape index (κ2) is 7.62. The van der Waals surface area contributed by atoms with Gasteiger partial charge in [-0.3, -0.25) is 4.79 Å². The maximum Gasteiger partial charge on any atom is 0.338 e. The molecule has 1 aromatic rings. The Morgan fingerprint density at radius 3 is 2.61 bits per heavy atom. The highest BCUT2D eigenvalue weighted by atomic mass is 16.5. The number of amides is 1. The van der Waals surface area contributed by atoms with E-state index in [0.717, 1.165) is 24.0 Å². The molecule has 1 amide bonds. The Kier molecular flexibility index (Phi) is 5.80. The van der Waals surface area contributed by atoms with Gasteiger partial charge in [0.15, 0.2) is 6.61 Å². The average Bonchev–Trinajstić information content (AvgIpc) is 2.52. The minimum absolute atomic E-state index is 0.187. The molecule has 0 heterocycles. The number of aryl methyl sites for hydroxylation is 2. The molecule has 1 saturated carbocycles. The third kappa shape index (κ3) is 4.57. The number of benzene rings is 1. The van der Waals surface area contributed by atoms with Crippen molar-refractivity contribution in [1.82, 2.24) is 5.32 Å². The SMILES string of the molecule is Cc1ccc(C(=O)OCC(=O)N[C@H]2CCC[C@@H](C)[C@@H]2C)cc1C. The Morgan fingerprint density at radius 1 is 1.17 bits per heavy atom. The summed E-state index contributed by atoms with van der Waals surface area (Å²) in [5.41, 5.74) is 2.65. The molecule has 2 rings (SSSR count). The van der Waals surface area contributed by atoms with Crippen LogP contribution in [0.4, 0.5) is 0 Å². The highest BCUT2D eigenvalue weighted by molar-refractivity contribution is 5.91. The molecule has 0 bridgehead atoms. The zero-order chi connectivity index (χ0) is 17.0. The lowest BCUT2D eigenvalue weighted by Crippen LogP contribution is -2.45. The van der Waals surface area contributed by atoms with Gasteiger partial charge in [0.05, 0.1) is 5.56 Å². The Balaban J connectivity index is 1.84. The first-order chi connectivity index (χ1) is 10.9. The molecule has 0 aliphatic heterocycles. The summed E-state index contributed by atoms with van der Waals surface area (Å²) in [6.45, 7) is 8.12. The molecule has 4 nitrogen and oxygen atoms in total. The van der Waals surface area contributed by atoms with E-state index < -0.39 is 5.97 Å². The maximum absolute atomic E-state index is 12.0. The Labute approximate surface area is 138 Å². The van der Waals surface area contributed by atoms with Crippen LogP contribution in [0.3, 0.4) is 0 Å². The van der Waals surface area contributed by atoms with Crippen molar-refractivity contribution in [3.63, 3.8) is 0 Å². The zero-order valence-electron chi connectivity index (χ0n) is 14.5. The van der Waals surface area contributed by atoms with Gasteiger partial charge in [-0.05, 0) is 55.4 Å². The van der Waals surface area contributed by atoms with E-state index in [0.29, 0.717) is 17.4 Å². The lowest BCUT2D eigenvalue weighted by Gasteiger charge is -2.34. The van der Waals surface area contributed by atoms with Gasteiger partial charge in [-0.1, -0.05) is 32.8 Å². The van der Waals surface area contributed by atoms with Crippen molar-refractivity contribution in [2.75, 3.05) is 6.61 Å². The van der Waals surface area contributed by atoms with Crippen molar-refractivity contribution < 1.29 is 14.3 Å². The van der Waals surface area contributed by atoms with Crippen LogP contribution in [0, 0.1) is 25.7 Å². The predicted octanol–water partition coefficient (Wildman–Crippen LogP) is 3.40. The van der Waals surface area contributed by atoms with Gasteiger partial charge < -0.3 is 10.1 Å². The van der Waals surface area contributed by atoms with Gasteiger partial charge in [0.1, 0.15) is 0 Å². The number of hydrogen-bond acceptors (Lipinski definition) is 3. The molecule has 0 radical (unpaired) electrons. The van der Waals surface area contributed by atoms with Crippen LogP contribution in [-0.2, 0) is 9.53 Å². The van der Waals surface area contributed by atoms with E-state index >= 15 is 0 Å². The summed E-state index contributed by atoms with van der Waals surface area (Å²) >= 11 is 0. The molecular formula is C19H27NO3. The van der Waals surface area contributed by atoms with Crippen LogP contribution in [0.5, 0.6) is 0 Å². The summed E-state index contributed by atoms with van der Waals surface area (Å²) in [4.78, 5) is 24.1. The first kappa shape index (κ1) is 17.5. The van der Waals surface area contributed by atoms with E-state index in [-0.39, 0.29) is 18.6 Å². The third-order valence-electron chi connectivity index (χ3n) is 5.13. The van der Waals surface area contributed by atoms with E-state index in [1.54, 1.807) is 12.1 Å². The van der Waals surface area contributed by atoms with Crippen molar-refractivity contribution in [2.24, 2.45) is 11.8 Å². The maximum atomic E-state index is 12.0. The molecule has 1 aliphatic rings. The van der Waals surface area contributed by atoms with Crippen LogP contribution in [0.2, 0.25) is 0 Å². The Morgan fingerprint density at radius 2 is 1.91 bits per heavy atom. The number of carbonyl (C=O) groups is 2. The minimum Gasteiger partial charge on any atom is -0.452 e. The molecular weight excluding hydrogens is 290 g/mol. The molecule has 1 aromatic carbocycles. The normalized spacial score (nSPS) is 24.1. The van der Waals surface area contributed by atoms with Crippen molar-refractivity contribution in [2.45, 2.75) is 53.0 Å². The highest BCUT2D eigenvalue weighted by Gasteiger charge is 2.28. The summed E-state index contributed by atoms with van der Waals surface area (Å²) in [7, 11) is 0. The molecule has 1 N–H and O–H groups in total. The van der Waals surface area contributed by atoms with Crippen LogP contribution >= 0.6 is 0 Å². The summed E-state index contributed by atoms with van der Waals surface area (Å²) in [5, 5.41) is 3.01. The fraction of sp³-hybridized carbons (Fsp3) is 0.579. The number of hydrogen-bond donors (Lipinski definition) is 1. The van der Waals surface area contributed by atoms with Crippen molar-refractivity contribution in [1.29, 1.82) is 0 Å². The van der Waals surface area contributed by atoms with Gasteiger partial charge in [0, 0.05) is 6.04 Å². The monoisotopic (exact) mass is 317 g/mol. The van der Waals surface area contributed by atoms with E-state index in [9.17, 15) is 9.59 Å². The summed E-state index contributed by atoms with van der Waals surface area (Å²) < 4.78 is 5.14. The summed E-state index contributed by atoms with van der Waals surface area (Å²) in [5.74, 6) is 0.414. The van der Waals surface area contributed by atoms with Gasteiger partial charge >= 0.3 is 5.97 Å². The second-order valence-electron chi connectivity index (χ2n) is 6.82. The van der Waals surface area contributed by atoms with E-state index in [2.05, 4.69) is 19.2 Å². The van der Waals surface area contributed by atoms with Crippen LogP contribution in [0.1, 0.15) is 54.6 Å². The molecule has 1 aliphatic carbocycles. The largest absolute Gasteiger partial charge is 0.452 e. The molecule has 0 aromatic heterocycles. The minimum atomic E-state index is -0.451. The smallest absolute Gasteiger partial charge is 0.338 e. The van der Waals surface area contributed by atoms with E-state index in [1.165, 1.54) is 6.42 Å². The van der Waals surface area contributed by atoms with Gasteiger partial charge in [-0.2, -0.15) is 0 Å². The molecule has 3 atom stereocenters. The molecule has 1 fully saturated rings. The average molecular weight is 317 g/mol. The topological polar surface area (TPSA) is 55.4 Å². The lowest BCUT2D eigenvalue weighted by atomic mass is 9.78. The molecule has 0 unspecified atom stereocenters. The first-order valence-electron chi connectivity index (χ1n) is 8.42. The zero-order valence-corrected chi connectivity index (χ0v) is 14.5. The quantitative estimate of drug-likeness (QED) is 0.866. The number of rotatable bonds is 4. The lowest BCUT2D eigenvalue weighted by molar-refractivity contribution is -0.125. The number of ether oxygens (including phenoxy) is 1. The summed E-state index contributed by atoms with van der Waals surface area (Å²) in [6.07, 6.45) is 3.36. The Hall–Kier alpha value is -1.84. The highest BCUT2D eigenvalue weighted by Crippen LogP contribution is 2.29. The van der Waals surface area contributed by atoms with Gasteiger partial charge in [0.25, 0.3) is 5.91 Å². The van der Waals surface area contributed by atoms with Crippen LogP contribution in [-0.4, -0.2) is 24.5 Å². The van der Waals surface area contributed by atoms with Gasteiger partial charge in [-0.15, -0.1) is 0 Å². The Bertz CT molecular complexity index is 582. The van der Waals surface area contributed by atoms with Gasteiger partial charge in [-0.25, -0.2) is 4.79 Å². The molecule has 0 saturated heterocycles. The predicted molar refractivity (Wildman–Crippen MR) is 90.3 cm³/mol. The van der Waals surface area contributed by atoms with Crippen LogP contribution in [0.25, 0.3) is 0 Å². The standard InChI is InChI=1S/C19H27NO3/c1-12-8-9-16(10-14(12)3)19(22)23-11-18(21)20-17-7-5-6-13(2)15(17)4/h8-10,13,15,17H,5-7,11H2,1-4H3,(H,20,21)/t13-,15+,17+/m1/s1. The summed E-state index contributed by atoms with van der Waals surface area (Å²) in [6, 6.07) is 5.59. The second-order valence-corrected chi connectivity index (χ2v) is 6.82. The van der Waals surface area contributed by atoms with Crippen molar-refractivity contribution in [3.05, 3.63) is 34.9 Å². The first-order valence-corrected chi connectivity index (χ1v) is 8.42. The van der Waals surface area contributed by atoms with Crippen LogP contribution < -0.4 is 5.32 Å². The fourth-order valence-electron chi connectivity index (χ4n) is 3.12. The number of carbonyl (C=O) groups excluding carboxylic acids is 2. The van der Waals surface area contributed by atoms with Crippen molar-refractivity contribution in [3.8, 4) is 0 Å². The fourth-order valence-corrected chi connectivity index (χ4v) is 3.12. The van der Waals surface area contributed by atoms with Crippen molar-refractivity contribution >= 4 is 11.9 Å². The van der Waals surface area contributed by atoms with Crippen LogP contribution in [0.15, 0.2) is 18.2 Å². The van der Waals surface area contributed by atoms with Gasteiger partial charge in [0.2, 0.25) is 0 Å².